The van der Waals surface area contributed by atoms with Crippen molar-refractivity contribution in [2.75, 3.05) is 11.5 Å². The minimum Gasteiger partial charge on any atom is -0.507 e. The van der Waals surface area contributed by atoms with Crippen molar-refractivity contribution in [3.05, 3.63) is 28.8 Å². The van der Waals surface area contributed by atoms with E-state index in [0.717, 1.165) is 22.6 Å². The Labute approximate surface area is 183 Å². The number of aromatic hydroxyl groups is 1. The van der Waals surface area contributed by atoms with E-state index in [0.29, 0.717) is 5.75 Å². The van der Waals surface area contributed by atoms with E-state index >= 15 is 0 Å². The molecule has 0 saturated carbocycles. The predicted octanol–water partition coefficient (Wildman–Crippen LogP) is 8.89. The maximum atomic E-state index is 10.4. The van der Waals surface area contributed by atoms with Crippen molar-refractivity contribution in [1.82, 2.24) is 0 Å². The molecular formula is C25H44OS2. The fraction of sp³-hybridized carbons (Fsp3) is 0.760. The number of unbranched alkanes of at least 4 members (excludes halogenated alkanes) is 10. The molecule has 0 radical (unpaired) electrons. The van der Waals surface area contributed by atoms with Gasteiger partial charge in [-0.25, -0.2) is 0 Å². The zero-order valence-electron chi connectivity index (χ0n) is 18.7. The summed E-state index contributed by atoms with van der Waals surface area (Å²) in [5, 5.41) is 10.4. The van der Waals surface area contributed by atoms with Crippen LogP contribution < -0.4 is 0 Å². The number of aryl methyl sites for hydroxylation is 1. The highest BCUT2D eigenvalue weighted by molar-refractivity contribution is 7.98. The van der Waals surface area contributed by atoms with Gasteiger partial charge in [0, 0.05) is 17.1 Å². The number of benzene rings is 1. The minimum atomic E-state index is 0.514. The second-order valence-electron chi connectivity index (χ2n) is 8.06. The maximum absolute atomic E-state index is 10.4. The standard InChI is InChI=1S/C25H44OS2/c1-4-6-8-10-12-14-16-27-20-23-18-22(3)25(26)24(19-23)21-28-17-15-13-11-9-7-5-2/h18-19,26H,4-17,20-21H2,1-3H3. The number of phenols is 1. The van der Waals surface area contributed by atoms with Gasteiger partial charge in [-0.2, -0.15) is 23.5 Å². The maximum Gasteiger partial charge on any atom is 0.122 e. The largest absolute Gasteiger partial charge is 0.507 e. The summed E-state index contributed by atoms with van der Waals surface area (Å²) in [5.41, 5.74) is 3.54. The van der Waals surface area contributed by atoms with E-state index in [2.05, 4.69) is 26.0 Å². The lowest BCUT2D eigenvalue weighted by molar-refractivity contribution is 0.466. The van der Waals surface area contributed by atoms with Crippen LogP contribution in [0.15, 0.2) is 12.1 Å². The van der Waals surface area contributed by atoms with Crippen LogP contribution in [0.2, 0.25) is 0 Å². The van der Waals surface area contributed by atoms with E-state index in [-0.39, 0.29) is 0 Å². The van der Waals surface area contributed by atoms with Crippen molar-refractivity contribution in [3.8, 4) is 5.75 Å². The third-order valence-corrected chi connectivity index (χ3v) is 7.46. The van der Waals surface area contributed by atoms with Gasteiger partial charge in [-0.05, 0) is 42.4 Å². The number of rotatable bonds is 18. The van der Waals surface area contributed by atoms with Crippen molar-refractivity contribution >= 4 is 23.5 Å². The molecule has 1 aromatic rings. The van der Waals surface area contributed by atoms with Gasteiger partial charge in [0.25, 0.3) is 0 Å². The van der Waals surface area contributed by atoms with Crippen LogP contribution in [0.5, 0.6) is 5.75 Å². The van der Waals surface area contributed by atoms with Gasteiger partial charge in [0.2, 0.25) is 0 Å². The lowest BCUT2D eigenvalue weighted by Crippen LogP contribution is -1.92. The van der Waals surface area contributed by atoms with Crippen LogP contribution in [0, 0.1) is 6.92 Å². The Morgan fingerprint density at radius 3 is 1.75 bits per heavy atom. The molecule has 0 atom stereocenters. The molecule has 0 heterocycles. The smallest absolute Gasteiger partial charge is 0.122 e. The zero-order valence-corrected chi connectivity index (χ0v) is 20.4. The van der Waals surface area contributed by atoms with Gasteiger partial charge in [0.15, 0.2) is 0 Å². The third kappa shape index (κ3) is 12.3. The van der Waals surface area contributed by atoms with Gasteiger partial charge in [0.05, 0.1) is 0 Å². The SMILES string of the molecule is CCCCCCCCSCc1cc(C)c(O)c(CSCCCCCCCC)c1. The lowest BCUT2D eigenvalue weighted by Gasteiger charge is -2.11. The van der Waals surface area contributed by atoms with Gasteiger partial charge in [-0.1, -0.05) is 90.2 Å². The molecule has 0 aliphatic carbocycles. The van der Waals surface area contributed by atoms with E-state index in [9.17, 15) is 5.11 Å². The molecule has 28 heavy (non-hydrogen) atoms. The number of phenolic OH excluding ortho intramolecular Hbond substituents is 1. The fourth-order valence-electron chi connectivity index (χ4n) is 3.47. The van der Waals surface area contributed by atoms with Gasteiger partial charge >= 0.3 is 0 Å². The van der Waals surface area contributed by atoms with Crippen LogP contribution in [0.1, 0.15) is 108 Å². The van der Waals surface area contributed by atoms with Crippen LogP contribution in [0.3, 0.4) is 0 Å². The van der Waals surface area contributed by atoms with Crippen molar-refractivity contribution in [3.63, 3.8) is 0 Å². The van der Waals surface area contributed by atoms with Gasteiger partial charge in [-0.15, -0.1) is 0 Å². The molecule has 0 unspecified atom stereocenters. The Kier molecular flexibility index (Phi) is 16.2. The molecule has 162 valence electrons. The summed E-state index contributed by atoms with van der Waals surface area (Å²) in [6.07, 6.45) is 16.4. The molecule has 1 N–H and O–H groups in total. The summed E-state index contributed by atoms with van der Waals surface area (Å²) >= 11 is 4.02. The molecule has 0 saturated heterocycles. The number of hydrogen-bond acceptors (Lipinski definition) is 3. The van der Waals surface area contributed by atoms with E-state index in [4.69, 9.17) is 0 Å². The van der Waals surface area contributed by atoms with Gasteiger partial charge in [-0.3, -0.25) is 0 Å². The second-order valence-corrected chi connectivity index (χ2v) is 10.3. The third-order valence-electron chi connectivity index (χ3n) is 5.25. The van der Waals surface area contributed by atoms with Crippen molar-refractivity contribution in [2.45, 2.75) is 109 Å². The molecule has 0 amide bonds. The van der Waals surface area contributed by atoms with E-state index < -0.39 is 0 Å². The second kappa shape index (κ2) is 17.6. The van der Waals surface area contributed by atoms with Crippen molar-refractivity contribution in [1.29, 1.82) is 0 Å². The Bertz CT molecular complexity index is 502. The van der Waals surface area contributed by atoms with Crippen LogP contribution in [0.4, 0.5) is 0 Å². The quantitative estimate of drug-likeness (QED) is 0.237. The van der Waals surface area contributed by atoms with E-state index in [1.807, 2.05) is 30.4 Å². The highest BCUT2D eigenvalue weighted by Gasteiger charge is 2.08. The molecule has 1 aromatic carbocycles. The Morgan fingerprint density at radius 1 is 0.679 bits per heavy atom. The molecule has 1 rings (SSSR count). The first kappa shape index (κ1) is 25.8. The molecule has 1 nitrogen and oxygen atoms in total. The topological polar surface area (TPSA) is 20.2 Å². The van der Waals surface area contributed by atoms with Crippen LogP contribution in [-0.4, -0.2) is 16.6 Å². The van der Waals surface area contributed by atoms with Crippen LogP contribution >= 0.6 is 23.5 Å². The summed E-state index contributed by atoms with van der Waals surface area (Å²) in [6, 6.07) is 4.41. The first-order valence-corrected chi connectivity index (χ1v) is 14.0. The Hall–Kier alpha value is -0.280. The molecule has 3 heteroatoms. The molecule has 0 bridgehead atoms. The first-order valence-electron chi connectivity index (χ1n) is 11.7. The zero-order chi connectivity index (χ0) is 20.5. The Morgan fingerprint density at radius 2 is 1.18 bits per heavy atom. The average Bonchev–Trinajstić information content (AvgIpc) is 2.69. The van der Waals surface area contributed by atoms with Crippen molar-refractivity contribution in [2.24, 2.45) is 0 Å². The summed E-state index contributed by atoms with van der Waals surface area (Å²) in [7, 11) is 0. The normalized spacial score (nSPS) is 11.2. The van der Waals surface area contributed by atoms with E-state index in [1.165, 1.54) is 94.1 Å². The molecule has 0 aliphatic heterocycles. The fourth-order valence-corrected chi connectivity index (χ4v) is 5.42. The molecular weight excluding hydrogens is 380 g/mol. The van der Waals surface area contributed by atoms with Crippen molar-refractivity contribution < 1.29 is 5.11 Å². The van der Waals surface area contributed by atoms with Gasteiger partial charge < -0.3 is 5.11 Å². The molecule has 0 aromatic heterocycles. The lowest BCUT2D eigenvalue weighted by atomic mass is 10.1. The highest BCUT2D eigenvalue weighted by atomic mass is 32.2. The highest BCUT2D eigenvalue weighted by Crippen LogP contribution is 2.29. The molecule has 0 aliphatic rings. The molecule has 0 fully saturated rings. The summed E-state index contributed by atoms with van der Waals surface area (Å²) in [5.74, 6) is 5.00. The summed E-state index contributed by atoms with van der Waals surface area (Å²) in [4.78, 5) is 0. The Balaban J connectivity index is 2.25. The monoisotopic (exact) mass is 424 g/mol. The molecule has 0 spiro atoms. The first-order chi connectivity index (χ1) is 13.7. The van der Waals surface area contributed by atoms with Crippen LogP contribution in [-0.2, 0) is 11.5 Å². The van der Waals surface area contributed by atoms with Gasteiger partial charge in [0.1, 0.15) is 5.75 Å². The average molecular weight is 425 g/mol. The predicted molar refractivity (Wildman–Crippen MR) is 132 cm³/mol. The summed E-state index contributed by atoms with van der Waals surface area (Å²) < 4.78 is 0. The van der Waals surface area contributed by atoms with Crippen LogP contribution in [0.25, 0.3) is 0 Å². The number of hydrogen-bond donors (Lipinski definition) is 1. The minimum absolute atomic E-state index is 0.514. The number of thioether (sulfide) groups is 2. The van der Waals surface area contributed by atoms with E-state index in [1.54, 1.807) is 0 Å². The summed E-state index contributed by atoms with van der Waals surface area (Å²) in [6.45, 7) is 6.58.